The van der Waals surface area contributed by atoms with Crippen molar-refractivity contribution in [3.05, 3.63) is 12.2 Å². The average molecular weight is 284 g/mol. The van der Waals surface area contributed by atoms with Crippen molar-refractivity contribution in [2.45, 2.75) is 63.9 Å². The van der Waals surface area contributed by atoms with E-state index in [1.807, 2.05) is 0 Å². The summed E-state index contributed by atoms with van der Waals surface area (Å²) in [6, 6.07) is 0. The maximum Gasteiger partial charge on any atom is 0.130 e. The van der Waals surface area contributed by atoms with Gasteiger partial charge >= 0.3 is 0 Å². The molecule has 1 heteroatoms. The van der Waals surface area contributed by atoms with Gasteiger partial charge in [-0.25, -0.2) is 0 Å². The van der Waals surface area contributed by atoms with Crippen LogP contribution in [0.5, 0.6) is 0 Å². The first-order chi connectivity index (χ1) is 10.1. The van der Waals surface area contributed by atoms with Crippen LogP contribution in [0.3, 0.4) is 0 Å². The molecule has 4 rings (SSSR count). The van der Waals surface area contributed by atoms with Crippen LogP contribution in [0.4, 0.5) is 0 Å². The summed E-state index contributed by atoms with van der Waals surface area (Å²) in [4.78, 5) is 0. The number of aliphatic hydroxyl groups is 1. The minimum absolute atomic E-state index is 0.0275. The van der Waals surface area contributed by atoms with Crippen molar-refractivity contribution in [3.63, 3.8) is 0 Å². The van der Waals surface area contributed by atoms with E-state index in [-0.39, 0.29) is 5.41 Å². The second kappa shape index (κ2) is 4.63. The topological polar surface area (TPSA) is 20.2 Å². The monoisotopic (exact) mass is 284 g/mol. The number of hydrogen-bond acceptors (Lipinski definition) is 1. The summed E-state index contributed by atoms with van der Waals surface area (Å²) in [5.41, 5.74) is -0.869. The zero-order valence-corrected chi connectivity index (χ0v) is 13.2. The Morgan fingerprint density at radius 3 is 2.62 bits per heavy atom. The zero-order chi connectivity index (χ0) is 14.7. The summed E-state index contributed by atoms with van der Waals surface area (Å²) in [7, 11) is 0. The summed E-state index contributed by atoms with van der Waals surface area (Å²) < 4.78 is 0. The van der Waals surface area contributed by atoms with Gasteiger partial charge in [-0.2, -0.15) is 0 Å². The van der Waals surface area contributed by atoms with Crippen LogP contribution in [0, 0.1) is 47.3 Å². The van der Waals surface area contributed by atoms with Gasteiger partial charge in [0, 0.05) is 5.41 Å². The van der Waals surface area contributed by atoms with Crippen molar-refractivity contribution in [1.82, 2.24) is 0 Å². The summed E-state index contributed by atoms with van der Waals surface area (Å²) in [6.45, 7) is 2.29. The van der Waals surface area contributed by atoms with E-state index in [0.29, 0.717) is 5.92 Å². The second-order valence-electron chi connectivity index (χ2n) is 8.38. The molecule has 0 aromatic rings. The fourth-order valence-corrected chi connectivity index (χ4v) is 6.67. The van der Waals surface area contributed by atoms with Crippen LogP contribution in [0.15, 0.2) is 12.2 Å². The fourth-order valence-electron chi connectivity index (χ4n) is 6.67. The Hall–Kier alpha value is -0.740. The van der Waals surface area contributed by atoms with Crippen LogP contribution >= 0.6 is 0 Å². The maximum absolute atomic E-state index is 10.9. The van der Waals surface area contributed by atoms with E-state index in [1.54, 1.807) is 0 Å². The van der Waals surface area contributed by atoms with Gasteiger partial charge in [0.1, 0.15) is 5.60 Å². The Morgan fingerprint density at radius 2 is 1.81 bits per heavy atom. The van der Waals surface area contributed by atoms with E-state index >= 15 is 0 Å². The van der Waals surface area contributed by atoms with Crippen molar-refractivity contribution < 1.29 is 5.11 Å². The highest BCUT2D eigenvalue weighted by Gasteiger charge is 2.62. The van der Waals surface area contributed by atoms with E-state index < -0.39 is 5.60 Å². The smallest absolute Gasteiger partial charge is 0.130 e. The van der Waals surface area contributed by atoms with Crippen LogP contribution in [0.2, 0.25) is 0 Å². The molecule has 0 heterocycles. The third-order valence-corrected chi connectivity index (χ3v) is 7.92. The SMILES string of the molecule is C#C[C@]1(O)CC[C@H]2[C@@H]3CCC4CC=CC[C@@H]4[C@H]3CC[C@@]21C. The van der Waals surface area contributed by atoms with E-state index in [2.05, 4.69) is 25.0 Å². The van der Waals surface area contributed by atoms with Crippen molar-refractivity contribution in [3.8, 4) is 12.3 Å². The van der Waals surface area contributed by atoms with Gasteiger partial charge in [-0.15, -0.1) is 6.42 Å². The van der Waals surface area contributed by atoms with Crippen molar-refractivity contribution >= 4 is 0 Å². The molecule has 3 saturated carbocycles. The number of fused-ring (bicyclic) bond motifs is 5. The lowest BCUT2D eigenvalue weighted by Crippen LogP contribution is -2.52. The molecule has 7 atom stereocenters. The van der Waals surface area contributed by atoms with Crippen molar-refractivity contribution in [1.29, 1.82) is 0 Å². The zero-order valence-electron chi connectivity index (χ0n) is 13.2. The molecule has 4 aliphatic rings. The maximum atomic E-state index is 10.9. The highest BCUT2D eigenvalue weighted by Crippen LogP contribution is 2.64. The Morgan fingerprint density at radius 1 is 1.00 bits per heavy atom. The van der Waals surface area contributed by atoms with Crippen molar-refractivity contribution in [2.24, 2.45) is 35.0 Å². The summed E-state index contributed by atoms with van der Waals surface area (Å²) in [6.07, 6.45) is 20.3. The molecule has 0 saturated heterocycles. The van der Waals surface area contributed by atoms with Crippen LogP contribution in [-0.4, -0.2) is 10.7 Å². The first-order valence-electron chi connectivity index (χ1n) is 8.94. The van der Waals surface area contributed by atoms with Gasteiger partial charge in [0.05, 0.1) is 0 Å². The van der Waals surface area contributed by atoms with Gasteiger partial charge in [0.2, 0.25) is 0 Å². The summed E-state index contributed by atoms with van der Waals surface area (Å²) in [5.74, 6) is 7.00. The molecule has 0 aliphatic heterocycles. The Labute approximate surface area is 129 Å². The highest BCUT2D eigenvalue weighted by molar-refractivity contribution is 5.23. The van der Waals surface area contributed by atoms with Gasteiger partial charge in [-0.1, -0.05) is 25.0 Å². The molecule has 3 fully saturated rings. The van der Waals surface area contributed by atoms with E-state index in [4.69, 9.17) is 6.42 Å². The second-order valence-corrected chi connectivity index (χ2v) is 8.38. The first-order valence-corrected chi connectivity index (χ1v) is 8.94. The quantitative estimate of drug-likeness (QED) is 0.523. The molecular formula is C20H28O. The molecule has 1 N–H and O–H groups in total. The molecule has 0 spiro atoms. The largest absolute Gasteiger partial charge is 0.377 e. The van der Waals surface area contributed by atoms with E-state index in [0.717, 1.165) is 42.9 Å². The number of rotatable bonds is 0. The van der Waals surface area contributed by atoms with Gasteiger partial charge in [0.25, 0.3) is 0 Å². The Kier molecular flexibility index (Phi) is 3.06. The van der Waals surface area contributed by atoms with Gasteiger partial charge in [0.15, 0.2) is 0 Å². The molecule has 4 aliphatic carbocycles. The van der Waals surface area contributed by atoms with Gasteiger partial charge in [-0.05, 0) is 81.0 Å². The molecule has 114 valence electrons. The molecular weight excluding hydrogens is 256 g/mol. The molecule has 21 heavy (non-hydrogen) atoms. The van der Waals surface area contributed by atoms with Crippen LogP contribution < -0.4 is 0 Å². The average Bonchev–Trinajstić information content (AvgIpc) is 2.79. The number of terminal acetylenes is 1. The molecule has 0 aromatic carbocycles. The number of allylic oxidation sites excluding steroid dienone is 2. The number of hydrogen-bond donors (Lipinski definition) is 1. The molecule has 1 unspecified atom stereocenters. The minimum atomic E-state index is -0.841. The van der Waals surface area contributed by atoms with Crippen LogP contribution in [0.25, 0.3) is 0 Å². The standard InChI is InChI=1S/C20H28O/c1-3-20(21)13-11-18-17-9-8-14-6-4-5-7-15(14)16(17)10-12-19(18,20)2/h1,4-5,14-18,21H,6-13H2,2H3/t14?,15-,16+,17+,18-,19-,20-/m0/s1. The van der Waals surface area contributed by atoms with Crippen LogP contribution in [-0.2, 0) is 0 Å². The van der Waals surface area contributed by atoms with E-state index in [1.165, 1.54) is 32.1 Å². The molecule has 0 bridgehead atoms. The highest BCUT2D eigenvalue weighted by atomic mass is 16.3. The molecule has 0 aromatic heterocycles. The fraction of sp³-hybridized carbons (Fsp3) is 0.800. The minimum Gasteiger partial charge on any atom is -0.377 e. The normalized spacial score (nSPS) is 55.2. The molecule has 1 nitrogen and oxygen atoms in total. The third kappa shape index (κ3) is 1.75. The Balaban J connectivity index is 1.64. The first kappa shape index (κ1) is 13.9. The summed E-state index contributed by atoms with van der Waals surface area (Å²) >= 11 is 0. The third-order valence-electron chi connectivity index (χ3n) is 7.92. The molecule has 0 radical (unpaired) electrons. The lowest BCUT2D eigenvalue weighted by Gasteiger charge is -2.55. The lowest BCUT2D eigenvalue weighted by atomic mass is 9.50. The summed E-state index contributed by atoms with van der Waals surface area (Å²) in [5, 5.41) is 10.9. The molecule has 0 amide bonds. The lowest BCUT2D eigenvalue weighted by molar-refractivity contribution is -0.0996. The van der Waals surface area contributed by atoms with E-state index in [9.17, 15) is 5.11 Å². The van der Waals surface area contributed by atoms with Crippen molar-refractivity contribution in [2.75, 3.05) is 0 Å². The van der Waals surface area contributed by atoms with Gasteiger partial charge in [-0.3, -0.25) is 0 Å². The van der Waals surface area contributed by atoms with Crippen LogP contribution in [0.1, 0.15) is 58.3 Å². The predicted molar refractivity (Wildman–Crippen MR) is 85.4 cm³/mol. The predicted octanol–water partition coefficient (Wildman–Crippen LogP) is 4.17. The van der Waals surface area contributed by atoms with Gasteiger partial charge < -0.3 is 5.11 Å². The Bertz CT molecular complexity index is 500.